The van der Waals surface area contributed by atoms with Crippen LogP contribution in [-0.4, -0.2) is 9.55 Å². The number of halogens is 2. The van der Waals surface area contributed by atoms with Crippen LogP contribution in [0, 0.1) is 0 Å². The highest BCUT2D eigenvalue weighted by molar-refractivity contribution is 6.32. The minimum absolute atomic E-state index is 0.0686. The molecule has 122 valence electrons. The molecule has 2 nitrogen and oxygen atoms in total. The molecule has 0 bridgehead atoms. The van der Waals surface area contributed by atoms with Gasteiger partial charge in [0.15, 0.2) is 0 Å². The topological polar surface area (TPSA) is 17.8 Å². The molecule has 0 N–H and O–H groups in total. The molecule has 0 fully saturated rings. The van der Waals surface area contributed by atoms with Crippen LogP contribution in [0.2, 0.25) is 10.0 Å². The second kappa shape index (κ2) is 6.62. The van der Waals surface area contributed by atoms with E-state index in [1.54, 1.807) is 6.20 Å². The van der Waals surface area contributed by atoms with Crippen LogP contribution in [0.5, 0.6) is 0 Å². The molecule has 24 heavy (non-hydrogen) atoms. The first-order chi connectivity index (χ1) is 11.7. The molecule has 0 amide bonds. The van der Waals surface area contributed by atoms with Gasteiger partial charge in [-0.3, -0.25) is 0 Å². The van der Waals surface area contributed by atoms with E-state index in [-0.39, 0.29) is 6.04 Å². The molecule has 4 rings (SSSR count). The average Bonchev–Trinajstić information content (AvgIpc) is 3.11. The molecule has 2 aromatic carbocycles. The van der Waals surface area contributed by atoms with Gasteiger partial charge in [0.2, 0.25) is 0 Å². The summed E-state index contributed by atoms with van der Waals surface area (Å²) in [5, 5.41) is 1.54. The molecule has 1 heterocycles. The first-order valence-corrected chi connectivity index (χ1v) is 9.02. The molecule has 0 radical (unpaired) electrons. The molecular formula is C20H18Cl2N2. The molecule has 1 aromatic heterocycles. The van der Waals surface area contributed by atoms with E-state index in [0.29, 0.717) is 0 Å². The van der Waals surface area contributed by atoms with E-state index in [9.17, 15) is 0 Å². The van der Waals surface area contributed by atoms with Crippen molar-refractivity contribution in [1.82, 2.24) is 9.55 Å². The second-order valence-corrected chi connectivity index (χ2v) is 7.10. The predicted octanol–water partition coefficient (Wildman–Crippen LogP) is 5.71. The summed E-state index contributed by atoms with van der Waals surface area (Å²) < 4.78 is 2.07. The lowest BCUT2D eigenvalue weighted by Crippen LogP contribution is -2.14. The summed E-state index contributed by atoms with van der Waals surface area (Å²) in [6.07, 6.45) is 10.3. The molecule has 0 aliphatic heterocycles. The van der Waals surface area contributed by atoms with Gasteiger partial charge in [0, 0.05) is 22.4 Å². The number of nitrogens with zero attached hydrogens (tertiary/aromatic N) is 2. The van der Waals surface area contributed by atoms with Crippen LogP contribution < -0.4 is 0 Å². The minimum Gasteiger partial charge on any atom is -0.326 e. The van der Waals surface area contributed by atoms with Crippen molar-refractivity contribution in [2.24, 2.45) is 0 Å². The molecule has 1 unspecified atom stereocenters. The highest BCUT2D eigenvalue weighted by atomic mass is 35.5. The van der Waals surface area contributed by atoms with E-state index in [4.69, 9.17) is 23.2 Å². The first kappa shape index (κ1) is 15.7. The third-order valence-corrected chi connectivity index (χ3v) is 5.45. The van der Waals surface area contributed by atoms with Crippen molar-refractivity contribution in [1.29, 1.82) is 0 Å². The van der Waals surface area contributed by atoms with Crippen molar-refractivity contribution >= 4 is 23.2 Å². The highest BCUT2D eigenvalue weighted by Gasteiger charge is 2.23. The van der Waals surface area contributed by atoms with Crippen LogP contribution in [0.4, 0.5) is 0 Å². The number of imidazole rings is 1. The number of aromatic nitrogens is 2. The quantitative estimate of drug-likeness (QED) is 0.587. The van der Waals surface area contributed by atoms with Crippen molar-refractivity contribution < 1.29 is 0 Å². The number of rotatable bonds is 3. The third-order valence-electron chi connectivity index (χ3n) is 4.78. The summed E-state index contributed by atoms with van der Waals surface area (Å²) in [5.74, 6) is 0. The Labute approximate surface area is 152 Å². The monoisotopic (exact) mass is 356 g/mol. The lowest BCUT2D eigenvalue weighted by Gasteiger charge is -2.25. The number of hydrogen-bond acceptors (Lipinski definition) is 1. The van der Waals surface area contributed by atoms with Crippen molar-refractivity contribution in [3.8, 4) is 0 Å². The Morgan fingerprint density at radius 1 is 0.917 bits per heavy atom. The molecule has 0 saturated heterocycles. The Bertz CT molecular complexity index is 856. The van der Waals surface area contributed by atoms with Gasteiger partial charge in [-0.25, -0.2) is 4.98 Å². The molecule has 3 aromatic rings. The van der Waals surface area contributed by atoms with Gasteiger partial charge in [-0.1, -0.05) is 47.5 Å². The Morgan fingerprint density at radius 3 is 2.38 bits per heavy atom. The van der Waals surface area contributed by atoms with Crippen LogP contribution in [0.1, 0.15) is 41.1 Å². The standard InChI is InChI=1S/C20H18Cl2N2/c21-18-8-4-3-7-16(18)20(24-10-9-23-13-24)17-11-14-5-1-2-6-15(14)12-19(17)22/h3-4,7-13,20H,1-2,5-6H2. The summed E-state index contributed by atoms with van der Waals surface area (Å²) in [7, 11) is 0. The number of aryl methyl sites for hydroxylation is 2. The Hall–Kier alpha value is -1.77. The minimum atomic E-state index is -0.0686. The predicted molar refractivity (Wildman–Crippen MR) is 99.0 cm³/mol. The van der Waals surface area contributed by atoms with Gasteiger partial charge < -0.3 is 4.57 Å². The fraction of sp³-hybridized carbons (Fsp3) is 0.250. The van der Waals surface area contributed by atoms with E-state index in [0.717, 1.165) is 34.0 Å². The zero-order valence-electron chi connectivity index (χ0n) is 13.3. The van der Waals surface area contributed by atoms with Crippen molar-refractivity contribution in [3.05, 3.63) is 87.4 Å². The molecule has 4 heteroatoms. The maximum Gasteiger partial charge on any atom is 0.0954 e. The van der Waals surface area contributed by atoms with Gasteiger partial charge >= 0.3 is 0 Å². The van der Waals surface area contributed by atoms with Crippen LogP contribution in [0.25, 0.3) is 0 Å². The Kier molecular flexibility index (Phi) is 4.34. The van der Waals surface area contributed by atoms with E-state index in [1.165, 1.54) is 24.0 Å². The lowest BCUT2D eigenvalue weighted by atomic mass is 9.87. The van der Waals surface area contributed by atoms with Crippen molar-refractivity contribution in [2.75, 3.05) is 0 Å². The van der Waals surface area contributed by atoms with Gasteiger partial charge in [-0.05, 0) is 60.1 Å². The van der Waals surface area contributed by atoms with Gasteiger partial charge in [0.25, 0.3) is 0 Å². The molecule has 0 saturated carbocycles. The zero-order chi connectivity index (χ0) is 16.5. The average molecular weight is 357 g/mol. The highest BCUT2D eigenvalue weighted by Crippen LogP contribution is 2.38. The number of benzene rings is 2. The van der Waals surface area contributed by atoms with Crippen molar-refractivity contribution in [2.45, 2.75) is 31.7 Å². The van der Waals surface area contributed by atoms with E-state index in [1.807, 2.05) is 30.7 Å². The molecule has 1 atom stereocenters. The summed E-state index contributed by atoms with van der Waals surface area (Å²) in [4.78, 5) is 4.22. The van der Waals surface area contributed by atoms with Crippen LogP contribution in [0.15, 0.2) is 55.1 Å². The van der Waals surface area contributed by atoms with Crippen LogP contribution in [0.3, 0.4) is 0 Å². The summed E-state index contributed by atoms with van der Waals surface area (Å²) in [6.45, 7) is 0. The lowest BCUT2D eigenvalue weighted by molar-refractivity contribution is 0.661. The van der Waals surface area contributed by atoms with Gasteiger partial charge in [-0.2, -0.15) is 0 Å². The SMILES string of the molecule is Clc1ccccc1C(c1cc2c(cc1Cl)CCCC2)n1ccnc1. The van der Waals surface area contributed by atoms with Gasteiger partial charge in [0.05, 0.1) is 12.4 Å². The molecule has 1 aliphatic carbocycles. The molecule has 0 spiro atoms. The maximum absolute atomic E-state index is 6.70. The molecule has 1 aliphatic rings. The zero-order valence-corrected chi connectivity index (χ0v) is 14.8. The van der Waals surface area contributed by atoms with Crippen LogP contribution in [-0.2, 0) is 12.8 Å². The summed E-state index contributed by atoms with van der Waals surface area (Å²) >= 11 is 13.2. The fourth-order valence-corrected chi connectivity index (χ4v) is 4.12. The largest absolute Gasteiger partial charge is 0.326 e. The summed E-state index contributed by atoms with van der Waals surface area (Å²) in [6, 6.07) is 12.3. The third kappa shape index (κ3) is 2.85. The fourth-order valence-electron chi connectivity index (χ4n) is 3.59. The number of hydrogen-bond donors (Lipinski definition) is 0. The normalized spacial score (nSPS) is 15.1. The maximum atomic E-state index is 6.70. The first-order valence-electron chi connectivity index (χ1n) is 8.27. The Morgan fingerprint density at radius 2 is 1.67 bits per heavy atom. The van der Waals surface area contributed by atoms with Crippen LogP contribution >= 0.6 is 23.2 Å². The second-order valence-electron chi connectivity index (χ2n) is 6.28. The summed E-state index contributed by atoms with van der Waals surface area (Å²) in [5.41, 5.74) is 4.93. The van der Waals surface area contributed by atoms with Gasteiger partial charge in [-0.15, -0.1) is 0 Å². The molecular weight excluding hydrogens is 339 g/mol. The smallest absolute Gasteiger partial charge is 0.0954 e. The van der Waals surface area contributed by atoms with Gasteiger partial charge in [0.1, 0.15) is 0 Å². The number of fused-ring (bicyclic) bond motifs is 1. The Balaban J connectivity index is 1.90. The van der Waals surface area contributed by atoms with E-state index >= 15 is 0 Å². The van der Waals surface area contributed by atoms with E-state index in [2.05, 4.69) is 27.8 Å². The van der Waals surface area contributed by atoms with Crippen molar-refractivity contribution in [3.63, 3.8) is 0 Å². The van der Waals surface area contributed by atoms with E-state index < -0.39 is 0 Å².